The molecule has 28 heavy (non-hydrogen) atoms. The summed E-state index contributed by atoms with van der Waals surface area (Å²) in [7, 11) is 1.26. The van der Waals surface area contributed by atoms with E-state index in [1.165, 1.54) is 13.0 Å². The van der Waals surface area contributed by atoms with E-state index in [-0.39, 0.29) is 11.7 Å². The maximum atomic E-state index is 13.0. The van der Waals surface area contributed by atoms with E-state index < -0.39 is 0 Å². The van der Waals surface area contributed by atoms with Gasteiger partial charge in [-0.15, -0.1) is 0 Å². The molecule has 0 spiro atoms. The van der Waals surface area contributed by atoms with Crippen LogP contribution in [0.1, 0.15) is 58.0 Å². The summed E-state index contributed by atoms with van der Waals surface area (Å²) in [6.45, 7) is 2.91. The molecule has 5 nitrogen and oxygen atoms in total. The number of carbonyl (C=O) groups is 1. The van der Waals surface area contributed by atoms with E-state index in [1.54, 1.807) is 0 Å². The van der Waals surface area contributed by atoms with Crippen LogP contribution >= 0.6 is 0 Å². The third kappa shape index (κ3) is 3.80. The zero-order valence-electron chi connectivity index (χ0n) is 16.1. The van der Waals surface area contributed by atoms with Gasteiger partial charge in [0.2, 0.25) is 0 Å². The van der Waals surface area contributed by atoms with Crippen LogP contribution in [-0.4, -0.2) is 42.9 Å². The Morgan fingerprint density at radius 1 is 1.18 bits per heavy atom. The Morgan fingerprint density at radius 2 is 2.00 bits per heavy atom. The average Bonchev–Trinajstić information content (AvgIpc) is 2.78. The van der Waals surface area contributed by atoms with Crippen molar-refractivity contribution in [3.05, 3.63) is 64.7 Å². The van der Waals surface area contributed by atoms with E-state index >= 15 is 0 Å². The largest absolute Gasteiger partial charge is 0.454 e. The molecule has 4 rings (SSSR count). The minimum atomic E-state index is 0.0421. The molecule has 2 aliphatic rings. The van der Waals surface area contributed by atoms with Crippen molar-refractivity contribution in [1.29, 1.82) is 0 Å². The summed E-state index contributed by atoms with van der Waals surface area (Å²) in [6, 6.07) is 14.3. The summed E-state index contributed by atoms with van der Waals surface area (Å²) in [4.78, 5) is 15.0. The molecular formula is C22H27BN3O2. The van der Waals surface area contributed by atoms with Crippen LogP contribution in [-0.2, 0) is 6.54 Å². The maximum absolute atomic E-state index is 13.0. The highest BCUT2D eigenvalue weighted by atomic mass is 16.2. The Bertz CT molecular complexity index is 849. The van der Waals surface area contributed by atoms with E-state index in [9.17, 15) is 9.82 Å². The van der Waals surface area contributed by atoms with Gasteiger partial charge in [-0.3, -0.25) is 4.79 Å². The number of nitrogens with one attached hydrogen (secondary N) is 1. The number of nitrogens with two attached hydrogens (primary N) is 1. The fraction of sp³-hybridized carbons (Fsp3) is 0.409. The maximum Gasteiger partial charge on any atom is 0.295 e. The summed E-state index contributed by atoms with van der Waals surface area (Å²) in [5.74, 6) is 0.621. The molecule has 1 unspecified atom stereocenters. The van der Waals surface area contributed by atoms with Crippen LogP contribution in [0.5, 0.6) is 0 Å². The predicted octanol–water partition coefficient (Wildman–Crippen LogP) is 2.63. The van der Waals surface area contributed by atoms with Gasteiger partial charge in [0.05, 0.1) is 0 Å². The first-order valence-corrected chi connectivity index (χ1v) is 10.1. The standard InChI is InChI=1S/C22H27BN3O2/c24-14-15-2-1-3-17(12-15)16-7-10-26(11-8-16)22(27)18-4-5-19-20(23-28)6-9-25-21(19)13-18/h1-5,12-13,16,20,25,28H,6-11,14,24H2. The van der Waals surface area contributed by atoms with Crippen LogP contribution < -0.4 is 11.1 Å². The van der Waals surface area contributed by atoms with Crippen molar-refractivity contribution in [2.45, 2.75) is 37.5 Å². The quantitative estimate of drug-likeness (QED) is 0.717. The molecule has 145 valence electrons. The second kappa shape index (κ2) is 8.37. The van der Waals surface area contributed by atoms with Gasteiger partial charge in [0.25, 0.3) is 13.4 Å². The lowest BCUT2D eigenvalue weighted by Crippen LogP contribution is -2.38. The molecular weight excluding hydrogens is 349 g/mol. The number of likely N-dealkylation sites (tertiary alicyclic amines) is 1. The first-order valence-electron chi connectivity index (χ1n) is 10.1. The van der Waals surface area contributed by atoms with Gasteiger partial charge in [-0.1, -0.05) is 30.3 Å². The lowest BCUT2D eigenvalue weighted by Gasteiger charge is -2.33. The monoisotopic (exact) mass is 376 g/mol. The Hall–Kier alpha value is -2.31. The Balaban J connectivity index is 1.43. The van der Waals surface area contributed by atoms with Gasteiger partial charge in [-0.25, -0.2) is 0 Å². The second-order valence-electron chi connectivity index (χ2n) is 7.79. The van der Waals surface area contributed by atoms with Crippen molar-refractivity contribution in [2.24, 2.45) is 5.73 Å². The zero-order chi connectivity index (χ0) is 19.5. The average molecular weight is 376 g/mol. The number of carbonyl (C=O) groups excluding carboxylic acids is 1. The highest BCUT2D eigenvalue weighted by Crippen LogP contribution is 2.33. The molecule has 2 heterocycles. The van der Waals surface area contributed by atoms with Crippen molar-refractivity contribution < 1.29 is 9.82 Å². The summed E-state index contributed by atoms with van der Waals surface area (Å²) < 4.78 is 0. The van der Waals surface area contributed by atoms with E-state index in [2.05, 4.69) is 29.6 Å². The molecule has 0 saturated carbocycles. The van der Waals surface area contributed by atoms with Crippen molar-refractivity contribution in [3.63, 3.8) is 0 Å². The zero-order valence-corrected chi connectivity index (χ0v) is 16.1. The van der Waals surface area contributed by atoms with Crippen molar-refractivity contribution in [1.82, 2.24) is 4.90 Å². The molecule has 2 aromatic carbocycles. The summed E-state index contributed by atoms with van der Waals surface area (Å²) in [6.07, 6.45) is 2.82. The Kier molecular flexibility index (Phi) is 5.69. The highest BCUT2D eigenvalue weighted by Gasteiger charge is 2.26. The smallest absolute Gasteiger partial charge is 0.295 e. The second-order valence-corrected chi connectivity index (χ2v) is 7.79. The lowest BCUT2D eigenvalue weighted by molar-refractivity contribution is 0.0713. The molecule has 4 N–H and O–H groups in total. The molecule has 1 radical (unpaired) electrons. The number of fused-ring (bicyclic) bond motifs is 1. The van der Waals surface area contributed by atoms with Gasteiger partial charge in [0.1, 0.15) is 0 Å². The molecule has 0 aliphatic carbocycles. The van der Waals surface area contributed by atoms with Crippen LogP contribution in [0.4, 0.5) is 5.69 Å². The van der Waals surface area contributed by atoms with Crippen LogP contribution in [0.2, 0.25) is 0 Å². The van der Waals surface area contributed by atoms with Crippen molar-refractivity contribution in [3.8, 4) is 0 Å². The SMILES string of the molecule is NCc1cccc(C2CCN(C(=O)c3ccc4c(c3)NCCC4[B]O)CC2)c1. The van der Waals surface area contributed by atoms with Crippen LogP contribution in [0.3, 0.4) is 0 Å². The van der Waals surface area contributed by atoms with Crippen LogP contribution in [0, 0.1) is 0 Å². The van der Waals surface area contributed by atoms with Gasteiger partial charge in [-0.2, -0.15) is 0 Å². The molecule has 1 fully saturated rings. The summed E-state index contributed by atoms with van der Waals surface area (Å²) in [5.41, 5.74) is 11.0. The van der Waals surface area contributed by atoms with Gasteiger partial charge in [0, 0.05) is 37.4 Å². The van der Waals surface area contributed by atoms with Crippen molar-refractivity contribution in [2.75, 3.05) is 25.0 Å². The number of rotatable bonds is 4. The van der Waals surface area contributed by atoms with E-state index in [4.69, 9.17) is 5.73 Å². The number of amides is 1. The molecule has 1 atom stereocenters. The van der Waals surface area contributed by atoms with E-state index in [0.717, 1.165) is 55.7 Å². The van der Waals surface area contributed by atoms with E-state index in [0.29, 0.717) is 18.0 Å². The third-order valence-electron chi connectivity index (χ3n) is 6.09. The molecule has 0 bridgehead atoms. The van der Waals surface area contributed by atoms with E-state index in [1.807, 2.05) is 23.1 Å². The van der Waals surface area contributed by atoms with Crippen molar-refractivity contribution >= 4 is 19.1 Å². The first kappa shape index (κ1) is 19.0. The molecule has 1 amide bonds. The van der Waals surface area contributed by atoms with Crippen LogP contribution in [0.15, 0.2) is 42.5 Å². The number of benzene rings is 2. The Morgan fingerprint density at radius 3 is 2.75 bits per heavy atom. The third-order valence-corrected chi connectivity index (χ3v) is 6.09. The minimum absolute atomic E-state index is 0.0421. The predicted molar refractivity (Wildman–Crippen MR) is 112 cm³/mol. The molecule has 2 aromatic rings. The minimum Gasteiger partial charge on any atom is -0.454 e. The topological polar surface area (TPSA) is 78.6 Å². The highest BCUT2D eigenvalue weighted by molar-refractivity contribution is 6.28. The van der Waals surface area contributed by atoms with Gasteiger partial charge >= 0.3 is 0 Å². The van der Waals surface area contributed by atoms with Gasteiger partial charge in [-0.05, 0) is 59.8 Å². The number of hydrogen-bond acceptors (Lipinski definition) is 4. The first-order chi connectivity index (χ1) is 13.7. The summed E-state index contributed by atoms with van der Waals surface area (Å²) in [5, 5.41) is 12.8. The number of nitrogens with zero attached hydrogens (tertiary/aromatic N) is 1. The molecule has 1 saturated heterocycles. The van der Waals surface area contributed by atoms with Gasteiger partial charge < -0.3 is 21.0 Å². The molecule has 0 aromatic heterocycles. The fourth-order valence-corrected chi connectivity index (χ4v) is 4.41. The number of hydrogen-bond donors (Lipinski definition) is 3. The lowest BCUT2D eigenvalue weighted by atomic mass is 9.71. The molecule has 6 heteroatoms. The molecule has 2 aliphatic heterocycles. The summed E-state index contributed by atoms with van der Waals surface area (Å²) >= 11 is 0. The van der Waals surface area contributed by atoms with Gasteiger partial charge in [0.15, 0.2) is 0 Å². The Labute approximate surface area is 167 Å². The number of piperidine rings is 1. The number of anilines is 1. The normalized spacial score (nSPS) is 19.6. The fourth-order valence-electron chi connectivity index (χ4n) is 4.41. The van der Waals surface area contributed by atoms with Crippen LogP contribution in [0.25, 0.3) is 0 Å².